The summed E-state index contributed by atoms with van der Waals surface area (Å²) in [5.41, 5.74) is 2.45. The van der Waals surface area contributed by atoms with Crippen molar-refractivity contribution >= 4 is 49.4 Å². The average molecular weight is 450 g/mol. The number of thiazole rings is 1. The molecule has 0 saturated carbocycles. The number of nitrogens with zero attached hydrogens (tertiary/aromatic N) is 3. The van der Waals surface area contributed by atoms with E-state index in [1.165, 1.54) is 29.5 Å². The Kier molecular flexibility index (Phi) is 5.54. The first kappa shape index (κ1) is 21.1. The van der Waals surface area contributed by atoms with E-state index in [0.717, 1.165) is 5.52 Å². The molecule has 0 aliphatic carbocycles. The van der Waals surface area contributed by atoms with Gasteiger partial charge in [-0.15, -0.1) is 13.2 Å². The molecule has 2 N–H and O–H groups in total. The van der Waals surface area contributed by atoms with Gasteiger partial charge in [-0.25, -0.2) is 9.97 Å². The van der Waals surface area contributed by atoms with Crippen LogP contribution in [-0.2, 0) is 7.05 Å². The lowest BCUT2D eigenvalue weighted by Crippen LogP contribution is -2.16. The van der Waals surface area contributed by atoms with E-state index in [1.54, 1.807) is 29.8 Å². The number of ether oxygens (including phenoxy) is 1. The number of aliphatic hydroxyl groups excluding tert-OH is 1. The Morgan fingerprint density at radius 3 is 2.74 bits per heavy atom. The molecule has 0 radical (unpaired) electrons. The molecule has 162 valence electrons. The van der Waals surface area contributed by atoms with E-state index in [0.29, 0.717) is 38.8 Å². The molecule has 0 aliphatic rings. The van der Waals surface area contributed by atoms with Crippen LogP contribution in [0.4, 0.5) is 24.3 Å². The number of alkyl halides is 3. The maximum atomic E-state index is 12.4. The molecule has 4 rings (SSSR count). The van der Waals surface area contributed by atoms with Crippen molar-refractivity contribution in [1.82, 2.24) is 14.5 Å². The van der Waals surface area contributed by atoms with E-state index in [1.807, 2.05) is 0 Å². The standard InChI is InChI=1S/C20H17F3N4O3S/c1-27-15-7-4-11(16(29)3-2-8-28)9-14(15)24-18(27)26-19-25-13-6-5-12(10-17(13)31-19)30-20(21,22)23/h4-7,9-10,28H,2-3,8H2,1H3,(H,24,25,26). The monoisotopic (exact) mass is 450 g/mol. The SMILES string of the molecule is Cn1c(Nc2nc3ccc(OC(F)(F)F)cc3s2)nc2cc(C(=O)CCCO)ccc21. The van der Waals surface area contributed by atoms with Crippen molar-refractivity contribution in [2.24, 2.45) is 7.05 Å². The quantitative estimate of drug-likeness (QED) is 0.394. The van der Waals surface area contributed by atoms with Crippen LogP contribution in [0.5, 0.6) is 5.75 Å². The predicted molar refractivity (Wildman–Crippen MR) is 111 cm³/mol. The average Bonchev–Trinajstić information content (AvgIpc) is 3.24. The Balaban J connectivity index is 1.59. The Labute approximate surface area is 178 Å². The zero-order valence-corrected chi connectivity index (χ0v) is 17.0. The van der Waals surface area contributed by atoms with Gasteiger partial charge in [-0.2, -0.15) is 0 Å². The number of imidazole rings is 1. The van der Waals surface area contributed by atoms with Crippen LogP contribution in [0.2, 0.25) is 0 Å². The normalized spacial score (nSPS) is 11.9. The maximum Gasteiger partial charge on any atom is 0.573 e. The van der Waals surface area contributed by atoms with Crippen molar-refractivity contribution in [3.8, 4) is 5.75 Å². The minimum atomic E-state index is -4.76. The third-order valence-electron chi connectivity index (χ3n) is 4.58. The Hall–Kier alpha value is -3.18. The maximum absolute atomic E-state index is 12.4. The molecule has 0 atom stereocenters. The second kappa shape index (κ2) is 8.16. The molecule has 0 fully saturated rings. The molecular weight excluding hydrogens is 433 g/mol. The van der Waals surface area contributed by atoms with Gasteiger partial charge in [0.1, 0.15) is 5.75 Å². The molecule has 0 bridgehead atoms. The first-order valence-corrected chi connectivity index (χ1v) is 10.1. The van der Waals surface area contributed by atoms with Gasteiger partial charge < -0.3 is 19.7 Å². The molecule has 0 spiro atoms. The zero-order chi connectivity index (χ0) is 22.2. The number of nitrogens with one attached hydrogen (secondary N) is 1. The van der Waals surface area contributed by atoms with E-state index in [4.69, 9.17) is 5.11 Å². The van der Waals surface area contributed by atoms with Crippen LogP contribution in [0.1, 0.15) is 23.2 Å². The minimum Gasteiger partial charge on any atom is -0.406 e. The summed E-state index contributed by atoms with van der Waals surface area (Å²) in [6.45, 7) is -0.0440. The summed E-state index contributed by atoms with van der Waals surface area (Å²) >= 11 is 1.17. The van der Waals surface area contributed by atoms with E-state index in [2.05, 4.69) is 20.0 Å². The zero-order valence-electron chi connectivity index (χ0n) is 16.2. The van der Waals surface area contributed by atoms with Crippen molar-refractivity contribution in [2.45, 2.75) is 19.2 Å². The fourth-order valence-corrected chi connectivity index (χ4v) is 4.01. The molecule has 0 unspecified atom stereocenters. The van der Waals surface area contributed by atoms with Crippen LogP contribution in [0.25, 0.3) is 21.3 Å². The summed E-state index contributed by atoms with van der Waals surface area (Å²) in [5.74, 6) is 0.0938. The number of ketones is 1. The second-order valence-electron chi connectivity index (χ2n) is 6.77. The van der Waals surface area contributed by atoms with Gasteiger partial charge in [0.2, 0.25) is 5.95 Å². The fourth-order valence-electron chi connectivity index (χ4n) is 3.12. The summed E-state index contributed by atoms with van der Waals surface area (Å²) in [7, 11) is 1.80. The second-order valence-corrected chi connectivity index (χ2v) is 7.80. The first-order chi connectivity index (χ1) is 14.7. The van der Waals surface area contributed by atoms with E-state index >= 15 is 0 Å². The van der Waals surface area contributed by atoms with Crippen LogP contribution in [0.15, 0.2) is 36.4 Å². The number of benzene rings is 2. The molecule has 0 saturated heterocycles. The van der Waals surface area contributed by atoms with Gasteiger partial charge in [0, 0.05) is 31.7 Å². The Morgan fingerprint density at radius 1 is 1.19 bits per heavy atom. The van der Waals surface area contributed by atoms with Gasteiger partial charge in [0.15, 0.2) is 10.9 Å². The first-order valence-electron chi connectivity index (χ1n) is 9.27. The van der Waals surface area contributed by atoms with Gasteiger partial charge in [0.25, 0.3) is 0 Å². The van der Waals surface area contributed by atoms with Crippen molar-refractivity contribution < 1.29 is 27.8 Å². The van der Waals surface area contributed by atoms with Gasteiger partial charge in [-0.1, -0.05) is 11.3 Å². The fraction of sp³-hybridized carbons (Fsp3) is 0.250. The highest BCUT2D eigenvalue weighted by atomic mass is 32.1. The van der Waals surface area contributed by atoms with Crippen molar-refractivity contribution in [2.75, 3.05) is 11.9 Å². The minimum absolute atomic E-state index is 0.0440. The number of aromatic nitrogens is 3. The molecule has 4 aromatic rings. The molecule has 31 heavy (non-hydrogen) atoms. The number of Topliss-reactive ketones (excluding diaryl/α,β-unsaturated/α-hetero) is 1. The topological polar surface area (TPSA) is 89.3 Å². The van der Waals surface area contributed by atoms with E-state index in [-0.39, 0.29) is 24.6 Å². The molecule has 2 heterocycles. The molecule has 11 heteroatoms. The molecule has 0 amide bonds. The summed E-state index contributed by atoms with van der Waals surface area (Å²) in [5, 5.41) is 12.4. The highest BCUT2D eigenvalue weighted by Crippen LogP contribution is 2.33. The number of rotatable bonds is 7. The van der Waals surface area contributed by atoms with E-state index in [9.17, 15) is 18.0 Å². The number of aliphatic hydroxyl groups is 1. The van der Waals surface area contributed by atoms with Gasteiger partial charge in [-0.3, -0.25) is 4.79 Å². The Bertz CT molecular complexity index is 1270. The number of carbonyl (C=O) groups excluding carboxylic acids is 1. The van der Waals surface area contributed by atoms with Gasteiger partial charge in [0.05, 0.1) is 21.3 Å². The van der Waals surface area contributed by atoms with Crippen LogP contribution in [-0.4, -0.2) is 38.4 Å². The lowest BCUT2D eigenvalue weighted by molar-refractivity contribution is -0.274. The number of hydrogen-bond acceptors (Lipinski definition) is 7. The third kappa shape index (κ3) is 4.62. The van der Waals surface area contributed by atoms with Crippen LogP contribution < -0.4 is 10.1 Å². The van der Waals surface area contributed by atoms with Crippen LogP contribution >= 0.6 is 11.3 Å². The number of carbonyl (C=O) groups is 1. The van der Waals surface area contributed by atoms with Crippen molar-refractivity contribution in [3.05, 3.63) is 42.0 Å². The lowest BCUT2D eigenvalue weighted by atomic mass is 10.1. The largest absolute Gasteiger partial charge is 0.573 e. The van der Waals surface area contributed by atoms with Crippen molar-refractivity contribution in [1.29, 1.82) is 0 Å². The van der Waals surface area contributed by atoms with E-state index < -0.39 is 6.36 Å². The molecule has 7 nitrogen and oxygen atoms in total. The predicted octanol–water partition coefficient (Wildman–Crippen LogP) is 4.78. The van der Waals surface area contributed by atoms with Crippen LogP contribution in [0.3, 0.4) is 0 Å². The molecule has 2 aromatic carbocycles. The summed E-state index contributed by atoms with van der Waals surface area (Å²) in [4.78, 5) is 21.1. The Morgan fingerprint density at radius 2 is 2.00 bits per heavy atom. The smallest absolute Gasteiger partial charge is 0.406 e. The molecular formula is C20H17F3N4O3S. The number of halogens is 3. The lowest BCUT2D eigenvalue weighted by Gasteiger charge is -2.07. The molecule has 2 aromatic heterocycles. The number of hydrogen-bond donors (Lipinski definition) is 2. The van der Waals surface area contributed by atoms with Gasteiger partial charge in [-0.05, 0) is 36.8 Å². The van der Waals surface area contributed by atoms with Crippen molar-refractivity contribution in [3.63, 3.8) is 0 Å². The summed E-state index contributed by atoms with van der Waals surface area (Å²) < 4.78 is 43.6. The molecule has 0 aliphatic heterocycles. The highest BCUT2D eigenvalue weighted by molar-refractivity contribution is 7.22. The number of aryl methyl sites for hydroxylation is 1. The number of anilines is 2. The summed E-state index contributed by atoms with van der Waals surface area (Å²) in [6.07, 6.45) is -4.10. The number of fused-ring (bicyclic) bond motifs is 2. The third-order valence-corrected chi connectivity index (χ3v) is 5.51. The van der Waals surface area contributed by atoms with Crippen LogP contribution in [0, 0.1) is 0 Å². The highest BCUT2D eigenvalue weighted by Gasteiger charge is 2.31. The van der Waals surface area contributed by atoms with Gasteiger partial charge >= 0.3 is 6.36 Å². The summed E-state index contributed by atoms with van der Waals surface area (Å²) in [6, 6.07) is 9.15.